The fraction of sp³-hybridized carbons (Fsp3) is 0.444. The highest BCUT2D eigenvalue weighted by molar-refractivity contribution is 5.78. The molecule has 2 nitrogen and oxygen atoms in total. The fourth-order valence-electron chi connectivity index (χ4n) is 0.906. The number of rotatable bonds is 3. The van der Waals surface area contributed by atoms with E-state index in [9.17, 15) is 4.79 Å². The summed E-state index contributed by atoms with van der Waals surface area (Å²) in [6.07, 6.45) is 4.09. The van der Waals surface area contributed by atoms with Crippen LogP contribution in [0.1, 0.15) is 19.4 Å². The summed E-state index contributed by atoms with van der Waals surface area (Å²) in [6.45, 7) is 3.54. The van der Waals surface area contributed by atoms with Crippen molar-refractivity contribution in [1.29, 1.82) is 0 Å². The van der Waals surface area contributed by atoms with E-state index in [0.29, 0.717) is 0 Å². The minimum Gasteiger partial charge on any atom is -0.472 e. The maximum absolute atomic E-state index is 10.8. The Kier molecular flexibility index (Phi) is 2.47. The minimum absolute atomic E-state index is 0.104. The molecule has 0 aliphatic carbocycles. The summed E-state index contributed by atoms with van der Waals surface area (Å²) in [7, 11) is 0. The molecule has 60 valence electrons. The predicted molar refractivity (Wildman–Crippen MR) is 42.3 cm³/mol. The predicted octanol–water partition coefficient (Wildman–Crippen LogP) is 2.05. The molecule has 1 heterocycles. The number of carbonyl (C=O) groups excluding carboxylic acids is 1. The Balaban J connectivity index is 2.50. The molecule has 0 radical (unpaired) electrons. The van der Waals surface area contributed by atoms with Gasteiger partial charge in [-0.2, -0.15) is 0 Å². The Morgan fingerprint density at radius 2 is 2.45 bits per heavy atom. The summed E-state index contributed by atoms with van der Waals surface area (Å²) in [5.41, 5.74) is 1.09. The number of Topliss-reactive ketones (excluding diaryl/α,β-unsaturated/α-hetero) is 1. The van der Waals surface area contributed by atoms with Gasteiger partial charge in [-0.05, 0) is 25.0 Å². The third kappa shape index (κ3) is 2.22. The summed E-state index contributed by atoms with van der Waals surface area (Å²) in [6, 6.07) is 1.89. The van der Waals surface area contributed by atoms with Crippen molar-refractivity contribution in [2.45, 2.75) is 20.3 Å². The van der Waals surface area contributed by atoms with Crippen molar-refractivity contribution < 1.29 is 9.21 Å². The van der Waals surface area contributed by atoms with Gasteiger partial charge in [0, 0.05) is 5.92 Å². The van der Waals surface area contributed by atoms with Gasteiger partial charge in [-0.15, -0.1) is 0 Å². The lowest BCUT2D eigenvalue weighted by molar-refractivity contribution is -0.120. The largest absolute Gasteiger partial charge is 0.472 e. The molecular formula is C9H12O2. The van der Waals surface area contributed by atoms with Crippen molar-refractivity contribution in [3.05, 3.63) is 24.2 Å². The molecule has 0 amide bonds. The van der Waals surface area contributed by atoms with Gasteiger partial charge in [0.05, 0.1) is 12.5 Å². The van der Waals surface area contributed by atoms with Crippen LogP contribution in [-0.2, 0) is 11.2 Å². The van der Waals surface area contributed by atoms with E-state index in [1.54, 1.807) is 19.5 Å². The molecule has 0 bridgehead atoms. The lowest BCUT2D eigenvalue weighted by atomic mass is 10.0. The van der Waals surface area contributed by atoms with E-state index in [2.05, 4.69) is 0 Å². The second kappa shape index (κ2) is 3.37. The van der Waals surface area contributed by atoms with Gasteiger partial charge in [0.25, 0.3) is 0 Å². The summed E-state index contributed by atoms with van der Waals surface area (Å²) < 4.78 is 4.88. The SMILES string of the molecule is CC(=O)C(C)Cc1ccoc1. The molecule has 1 aromatic rings. The zero-order valence-corrected chi connectivity index (χ0v) is 6.83. The van der Waals surface area contributed by atoms with Gasteiger partial charge in [0.15, 0.2) is 0 Å². The van der Waals surface area contributed by atoms with Crippen molar-refractivity contribution in [3.8, 4) is 0 Å². The molecule has 2 heteroatoms. The van der Waals surface area contributed by atoms with Crippen LogP contribution in [0.2, 0.25) is 0 Å². The highest BCUT2D eigenvalue weighted by atomic mass is 16.3. The van der Waals surface area contributed by atoms with Crippen LogP contribution in [0.25, 0.3) is 0 Å². The fourth-order valence-corrected chi connectivity index (χ4v) is 0.906. The highest BCUT2D eigenvalue weighted by Crippen LogP contribution is 2.09. The van der Waals surface area contributed by atoms with E-state index in [1.165, 1.54) is 0 Å². The van der Waals surface area contributed by atoms with Gasteiger partial charge in [-0.1, -0.05) is 6.92 Å². The number of carbonyl (C=O) groups is 1. The molecule has 0 saturated carbocycles. The van der Waals surface area contributed by atoms with Gasteiger partial charge >= 0.3 is 0 Å². The van der Waals surface area contributed by atoms with Gasteiger partial charge in [0.2, 0.25) is 0 Å². The zero-order valence-electron chi connectivity index (χ0n) is 6.83. The normalized spacial score (nSPS) is 12.9. The Hall–Kier alpha value is -1.05. The van der Waals surface area contributed by atoms with Crippen molar-refractivity contribution in [2.75, 3.05) is 0 Å². The first-order valence-corrected chi connectivity index (χ1v) is 3.71. The molecule has 1 aromatic heterocycles. The van der Waals surface area contributed by atoms with E-state index in [1.807, 2.05) is 13.0 Å². The van der Waals surface area contributed by atoms with Crippen LogP contribution in [0.3, 0.4) is 0 Å². The Labute approximate surface area is 66.2 Å². The first kappa shape index (κ1) is 8.05. The van der Waals surface area contributed by atoms with E-state index in [4.69, 9.17) is 4.42 Å². The molecule has 0 fully saturated rings. The standard InChI is InChI=1S/C9H12O2/c1-7(8(2)10)5-9-3-4-11-6-9/h3-4,6-7H,5H2,1-2H3. The topological polar surface area (TPSA) is 30.2 Å². The van der Waals surface area contributed by atoms with Gasteiger partial charge < -0.3 is 4.42 Å². The smallest absolute Gasteiger partial charge is 0.132 e. The van der Waals surface area contributed by atoms with Gasteiger partial charge in [-0.25, -0.2) is 0 Å². The average molecular weight is 152 g/mol. The summed E-state index contributed by atoms with van der Waals surface area (Å²) in [4.78, 5) is 10.8. The lowest BCUT2D eigenvalue weighted by Crippen LogP contribution is -2.08. The Morgan fingerprint density at radius 1 is 1.73 bits per heavy atom. The van der Waals surface area contributed by atoms with Crippen LogP contribution >= 0.6 is 0 Å². The third-order valence-corrected chi connectivity index (χ3v) is 1.82. The maximum Gasteiger partial charge on any atom is 0.132 e. The molecule has 0 aliphatic rings. The first-order chi connectivity index (χ1) is 5.20. The summed E-state index contributed by atoms with van der Waals surface area (Å²) >= 11 is 0. The van der Waals surface area contributed by atoms with Crippen LogP contribution in [0.5, 0.6) is 0 Å². The van der Waals surface area contributed by atoms with E-state index < -0.39 is 0 Å². The number of ketones is 1. The van der Waals surface area contributed by atoms with Gasteiger partial charge in [0.1, 0.15) is 5.78 Å². The molecular weight excluding hydrogens is 140 g/mol. The van der Waals surface area contributed by atoms with E-state index in [-0.39, 0.29) is 11.7 Å². The molecule has 0 spiro atoms. The van der Waals surface area contributed by atoms with E-state index in [0.717, 1.165) is 12.0 Å². The summed E-state index contributed by atoms with van der Waals surface area (Å²) in [5.74, 6) is 0.332. The van der Waals surface area contributed by atoms with Crippen LogP contribution in [0.4, 0.5) is 0 Å². The minimum atomic E-state index is 0.104. The monoisotopic (exact) mass is 152 g/mol. The molecule has 0 saturated heterocycles. The molecule has 1 rings (SSSR count). The van der Waals surface area contributed by atoms with Crippen molar-refractivity contribution in [3.63, 3.8) is 0 Å². The van der Waals surface area contributed by atoms with Crippen LogP contribution in [0, 0.1) is 5.92 Å². The molecule has 0 N–H and O–H groups in total. The molecule has 0 aromatic carbocycles. The molecule has 1 unspecified atom stereocenters. The number of furan rings is 1. The Morgan fingerprint density at radius 3 is 2.91 bits per heavy atom. The molecule has 11 heavy (non-hydrogen) atoms. The van der Waals surface area contributed by atoms with Crippen LogP contribution < -0.4 is 0 Å². The Bertz CT molecular complexity index is 224. The second-order valence-corrected chi connectivity index (χ2v) is 2.85. The van der Waals surface area contributed by atoms with Crippen molar-refractivity contribution >= 4 is 5.78 Å². The maximum atomic E-state index is 10.8. The average Bonchev–Trinajstić information content (AvgIpc) is 2.39. The first-order valence-electron chi connectivity index (χ1n) is 3.71. The zero-order chi connectivity index (χ0) is 8.27. The van der Waals surface area contributed by atoms with Gasteiger partial charge in [-0.3, -0.25) is 4.79 Å². The molecule has 1 atom stereocenters. The third-order valence-electron chi connectivity index (χ3n) is 1.82. The summed E-state index contributed by atoms with van der Waals surface area (Å²) in [5, 5.41) is 0. The number of hydrogen-bond donors (Lipinski definition) is 0. The van der Waals surface area contributed by atoms with Crippen molar-refractivity contribution in [2.24, 2.45) is 5.92 Å². The molecule has 0 aliphatic heterocycles. The highest BCUT2D eigenvalue weighted by Gasteiger charge is 2.08. The van der Waals surface area contributed by atoms with Crippen molar-refractivity contribution in [1.82, 2.24) is 0 Å². The number of hydrogen-bond acceptors (Lipinski definition) is 2. The quantitative estimate of drug-likeness (QED) is 0.663. The van der Waals surface area contributed by atoms with Crippen LogP contribution in [-0.4, -0.2) is 5.78 Å². The lowest BCUT2D eigenvalue weighted by Gasteiger charge is -2.03. The van der Waals surface area contributed by atoms with Crippen LogP contribution in [0.15, 0.2) is 23.0 Å². The van der Waals surface area contributed by atoms with E-state index >= 15 is 0 Å². The second-order valence-electron chi connectivity index (χ2n) is 2.85.